The van der Waals surface area contributed by atoms with E-state index in [9.17, 15) is 9.59 Å². The minimum atomic E-state index is -0.312. The van der Waals surface area contributed by atoms with E-state index in [0.29, 0.717) is 12.1 Å². The molecule has 112 valence electrons. The van der Waals surface area contributed by atoms with Gasteiger partial charge in [-0.05, 0) is 32.0 Å². The Labute approximate surface area is 123 Å². The third kappa shape index (κ3) is 3.24. The molecule has 0 aliphatic heterocycles. The number of ether oxygens (including phenoxy) is 1. The summed E-state index contributed by atoms with van der Waals surface area (Å²) in [5.41, 5.74) is 1.57. The lowest BCUT2D eigenvalue weighted by molar-refractivity contribution is -0.140. The molecule has 5 heteroatoms. The van der Waals surface area contributed by atoms with Gasteiger partial charge in [0.1, 0.15) is 0 Å². The van der Waals surface area contributed by atoms with Crippen LogP contribution < -0.4 is 0 Å². The monoisotopic (exact) mass is 288 g/mol. The highest BCUT2D eigenvalue weighted by Gasteiger charge is 2.21. The number of rotatable bonds is 5. The Morgan fingerprint density at radius 1 is 1.29 bits per heavy atom. The van der Waals surface area contributed by atoms with Crippen LogP contribution in [0.3, 0.4) is 0 Å². The van der Waals surface area contributed by atoms with Crippen molar-refractivity contribution in [1.82, 2.24) is 9.88 Å². The van der Waals surface area contributed by atoms with Crippen molar-refractivity contribution in [3.05, 3.63) is 36.0 Å². The first-order valence-corrected chi connectivity index (χ1v) is 6.98. The Morgan fingerprint density at radius 3 is 2.71 bits per heavy atom. The zero-order valence-electron chi connectivity index (χ0n) is 12.6. The number of hydrogen-bond donors (Lipinski definition) is 1. The molecule has 0 aliphatic carbocycles. The maximum atomic E-state index is 12.8. The van der Waals surface area contributed by atoms with Gasteiger partial charge in [0.15, 0.2) is 0 Å². The van der Waals surface area contributed by atoms with Gasteiger partial charge in [0, 0.05) is 35.2 Å². The second-order valence-electron chi connectivity index (χ2n) is 5.16. The number of nitrogens with one attached hydrogen (secondary N) is 1. The van der Waals surface area contributed by atoms with Crippen LogP contribution in [0.1, 0.15) is 30.6 Å². The van der Waals surface area contributed by atoms with Gasteiger partial charge in [-0.1, -0.05) is 6.07 Å². The Morgan fingerprint density at radius 2 is 2.05 bits per heavy atom. The summed E-state index contributed by atoms with van der Waals surface area (Å²) in [7, 11) is 1.35. The number of aromatic amines is 1. The quantitative estimate of drug-likeness (QED) is 0.860. The van der Waals surface area contributed by atoms with Crippen molar-refractivity contribution in [2.24, 2.45) is 0 Å². The first-order valence-electron chi connectivity index (χ1n) is 6.98. The summed E-state index contributed by atoms with van der Waals surface area (Å²) < 4.78 is 4.64. The number of benzene rings is 1. The van der Waals surface area contributed by atoms with Crippen molar-refractivity contribution >= 4 is 22.8 Å². The number of carbonyl (C=O) groups is 2. The lowest BCUT2D eigenvalue weighted by atomic mass is 10.1. The Balaban J connectivity index is 2.26. The van der Waals surface area contributed by atoms with Crippen molar-refractivity contribution in [2.75, 3.05) is 13.7 Å². The molecule has 0 fully saturated rings. The molecular formula is C16H20N2O3. The lowest BCUT2D eigenvalue weighted by Crippen LogP contribution is -2.38. The van der Waals surface area contributed by atoms with E-state index in [1.807, 2.05) is 44.3 Å². The number of fused-ring (bicyclic) bond motifs is 1. The molecule has 2 rings (SSSR count). The molecule has 0 radical (unpaired) electrons. The number of methoxy groups -OCH3 is 1. The van der Waals surface area contributed by atoms with Crippen molar-refractivity contribution in [2.45, 2.75) is 26.3 Å². The summed E-state index contributed by atoms with van der Waals surface area (Å²) in [6.45, 7) is 4.23. The van der Waals surface area contributed by atoms with Gasteiger partial charge in [0.25, 0.3) is 5.91 Å². The fourth-order valence-corrected chi connectivity index (χ4v) is 2.33. The maximum Gasteiger partial charge on any atom is 0.307 e. The summed E-state index contributed by atoms with van der Waals surface area (Å²) >= 11 is 0. The summed E-state index contributed by atoms with van der Waals surface area (Å²) in [6.07, 6.45) is 2.01. The molecule has 1 N–H and O–H groups in total. The molecule has 0 bridgehead atoms. The van der Waals surface area contributed by atoms with Crippen LogP contribution in [-0.2, 0) is 9.53 Å². The SMILES string of the molecule is COC(=O)CCN(C(=O)c1cccc2[nH]ccc12)C(C)C. The van der Waals surface area contributed by atoms with E-state index in [2.05, 4.69) is 9.72 Å². The average molecular weight is 288 g/mol. The smallest absolute Gasteiger partial charge is 0.307 e. The summed E-state index contributed by atoms with van der Waals surface area (Å²) in [5, 5.41) is 0.895. The number of carbonyl (C=O) groups excluding carboxylic acids is 2. The van der Waals surface area contributed by atoms with Crippen LogP contribution >= 0.6 is 0 Å². The van der Waals surface area contributed by atoms with Crippen LogP contribution in [0, 0.1) is 0 Å². The zero-order valence-corrected chi connectivity index (χ0v) is 12.6. The van der Waals surface area contributed by atoms with Crippen molar-refractivity contribution < 1.29 is 14.3 Å². The third-order valence-electron chi connectivity index (χ3n) is 3.49. The molecule has 1 amide bonds. The Kier molecular flexibility index (Phi) is 4.62. The normalized spacial score (nSPS) is 10.9. The van der Waals surface area contributed by atoms with Gasteiger partial charge in [-0.3, -0.25) is 9.59 Å². The highest BCUT2D eigenvalue weighted by atomic mass is 16.5. The number of H-pyrrole nitrogens is 1. The summed E-state index contributed by atoms with van der Waals surface area (Å²) in [5.74, 6) is -0.382. The average Bonchev–Trinajstić information content (AvgIpc) is 2.94. The number of nitrogens with zero attached hydrogens (tertiary/aromatic N) is 1. The van der Waals surface area contributed by atoms with E-state index in [-0.39, 0.29) is 24.3 Å². The molecule has 0 spiro atoms. The van der Waals surface area contributed by atoms with E-state index in [4.69, 9.17) is 0 Å². The minimum absolute atomic E-state index is 0.0105. The van der Waals surface area contributed by atoms with Gasteiger partial charge in [-0.25, -0.2) is 0 Å². The number of aromatic nitrogens is 1. The topological polar surface area (TPSA) is 62.4 Å². The second kappa shape index (κ2) is 6.43. The van der Waals surface area contributed by atoms with E-state index < -0.39 is 0 Å². The largest absolute Gasteiger partial charge is 0.469 e. The molecule has 0 unspecified atom stereocenters. The summed E-state index contributed by atoms with van der Waals surface area (Å²) in [4.78, 5) is 28.9. The predicted molar refractivity (Wildman–Crippen MR) is 81.1 cm³/mol. The molecule has 0 saturated heterocycles. The molecule has 1 aromatic heterocycles. The Hall–Kier alpha value is -2.30. The molecule has 1 heterocycles. The van der Waals surface area contributed by atoms with E-state index in [1.165, 1.54) is 7.11 Å². The predicted octanol–water partition coefficient (Wildman–Crippen LogP) is 2.58. The van der Waals surface area contributed by atoms with Crippen LogP contribution in [0.2, 0.25) is 0 Å². The molecular weight excluding hydrogens is 268 g/mol. The molecule has 0 atom stereocenters. The minimum Gasteiger partial charge on any atom is -0.469 e. The van der Waals surface area contributed by atoms with Crippen molar-refractivity contribution in [1.29, 1.82) is 0 Å². The van der Waals surface area contributed by atoms with Crippen LogP contribution in [0.15, 0.2) is 30.5 Å². The van der Waals surface area contributed by atoms with Gasteiger partial charge in [0.2, 0.25) is 0 Å². The fraction of sp³-hybridized carbons (Fsp3) is 0.375. The van der Waals surface area contributed by atoms with E-state index in [1.54, 1.807) is 4.90 Å². The first-order chi connectivity index (χ1) is 10.0. The van der Waals surface area contributed by atoms with Gasteiger partial charge < -0.3 is 14.6 Å². The lowest BCUT2D eigenvalue weighted by Gasteiger charge is -2.26. The van der Waals surface area contributed by atoms with E-state index in [0.717, 1.165) is 10.9 Å². The molecule has 2 aromatic rings. The first kappa shape index (κ1) is 15.1. The van der Waals surface area contributed by atoms with Gasteiger partial charge in [0.05, 0.1) is 13.5 Å². The number of esters is 1. The van der Waals surface area contributed by atoms with Crippen LogP contribution in [-0.4, -0.2) is 41.5 Å². The molecule has 21 heavy (non-hydrogen) atoms. The summed E-state index contributed by atoms with van der Waals surface area (Å²) in [6, 6.07) is 7.50. The van der Waals surface area contributed by atoms with E-state index >= 15 is 0 Å². The number of amides is 1. The molecule has 1 aromatic carbocycles. The standard InChI is InChI=1S/C16H20N2O3/c1-11(2)18(10-8-15(19)21-3)16(20)13-5-4-6-14-12(13)7-9-17-14/h4-7,9,11,17H,8,10H2,1-3H3. The van der Waals surface area contributed by atoms with Crippen molar-refractivity contribution in [3.8, 4) is 0 Å². The molecule has 0 aliphatic rings. The second-order valence-corrected chi connectivity index (χ2v) is 5.16. The zero-order chi connectivity index (χ0) is 15.4. The van der Waals surface area contributed by atoms with Gasteiger partial charge in [-0.2, -0.15) is 0 Å². The van der Waals surface area contributed by atoms with Gasteiger partial charge >= 0.3 is 5.97 Å². The van der Waals surface area contributed by atoms with Crippen LogP contribution in [0.4, 0.5) is 0 Å². The van der Waals surface area contributed by atoms with Crippen LogP contribution in [0.25, 0.3) is 10.9 Å². The Bertz CT molecular complexity index is 646. The molecule has 0 saturated carbocycles. The van der Waals surface area contributed by atoms with Crippen LogP contribution in [0.5, 0.6) is 0 Å². The molecule has 5 nitrogen and oxygen atoms in total. The highest BCUT2D eigenvalue weighted by Crippen LogP contribution is 2.20. The van der Waals surface area contributed by atoms with Crippen molar-refractivity contribution in [3.63, 3.8) is 0 Å². The maximum absolute atomic E-state index is 12.8. The fourth-order valence-electron chi connectivity index (χ4n) is 2.33. The third-order valence-corrected chi connectivity index (χ3v) is 3.49. The highest BCUT2D eigenvalue weighted by molar-refractivity contribution is 6.06. The van der Waals surface area contributed by atoms with Gasteiger partial charge in [-0.15, -0.1) is 0 Å². The number of hydrogen-bond acceptors (Lipinski definition) is 3.